The number of hydrogen-bond acceptors (Lipinski definition) is 2. The maximum Gasteiger partial charge on any atom is 0.0726 e. The number of hydrogen-bond donors (Lipinski definition) is 0. The predicted molar refractivity (Wildman–Crippen MR) is 318 cm³/mol. The van der Waals surface area contributed by atoms with E-state index >= 15 is 0 Å². The van der Waals surface area contributed by atoms with Crippen molar-refractivity contribution in [2.45, 2.75) is 10.8 Å². The fraction of sp³-hybridized carbons (Fsp3) is 0.0270. The smallest absolute Gasteiger partial charge is 0.0726 e. The Bertz CT molecular complexity index is 4320. The lowest BCUT2D eigenvalue weighted by molar-refractivity contribution is 0.768. The Morgan fingerprint density at radius 2 is 0.697 bits per heavy atom. The van der Waals surface area contributed by atoms with Gasteiger partial charge in [0, 0.05) is 37.1 Å². The minimum atomic E-state index is -0.655. The van der Waals surface area contributed by atoms with Crippen LogP contribution in [-0.2, 0) is 10.8 Å². The first-order valence-corrected chi connectivity index (χ1v) is 27.2. The van der Waals surface area contributed by atoms with E-state index in [-0.39, 0.29) is 0 Å². The van der Waals surface area contributed by atoms with Crippen molar-refractivity contribution in [1.82, 2.24) is 0 Å². The molecule has 1 heterocycles. The highest BCUT2D eigenvalue weighted by molar-refractivity contribution is 7.25. The van der Waals surface area contributed by atoms with Crippen LogP contribution in [0.5, 0.6) is 0 Å². The summed E-state index contributed by atoms with van der Waals surface area (Å²) >= 11 is 1.87. The standard InChI is InChI=1S/C74H47NS/c1-3-18-48(19-4-1)50-34-38-52(39-35-50)73(53-40-36-51(37-41-53)49-20-5-2-6-21-49)63-27-12-7-24-58(63)59-44-42-55(47-68(59)73)75(54-43-45-71-62(46-54)60-25-11-16-33-70(60)76-71)69-32-17-31-67-72(69)61-26-10-15-30-66(61)74(67)64-28-13-8-22-56(64)57-23-9-14-29-65(57)74/h1-47H. The lowest BCUT2D eigenvalue weighted by Gasteiger charge is -2.35. The maximum atomic E-state index is 2.58. The van der Waals surface area contributed by atoms with Gasteiger partial charge in [0.25, 0.3) is 0 Å². The first-order chi connectivity index (χ1) is 37.7. The van der Waals surface area contributed by atoms with Gasteiger partial charge in [-0.05, 0) is 137 Å². The van der Waals surface area contributed by atoms with E-state index in [1.807, 2.05) is 11.3 Å². The number of anilines is 3. The third kappa shape index (κ3) is 5.96. The van der Waals surface area contributed by atoms with E-state index in [1.54, 1.807) is 0 Å². The highest BCUT2D eigenvalue weighted by Gasteiger charge is 2.53. The molecule has 16 rings (SSSR count). The molecule has 1 nitrogen and oxygen atoms in total. The van der Waals surface area contributed by atoms with E-state index in [9.17, 15) is 0 Å². The highest BCUT2D eigenvalue weighted by Crippen LogP contribution is 2.65. The molecule has 3 aliphatic rings. The van der Waals surface area contributed by atoms with Gasteiger partial charge in [-0.3, -0.25) is 0 Å². The molecule has 0 aliphatic heterocycles. The lowest BCUT2D eigenvalue weighted by atomic mass is 9.67. The van der Waals surface area contributed by atoms with Crippen LogP contribution in [0, 0.1) is 0 Å². The lowest BCUT2D eigenvalue weighted by Crippen LogP contribution is -2.29. The zero-order valence-electron chi connectivity index (χ0n) is 41.5. The molecule has 0 unspecified atom stereocenters. The van der Waals surface area contributed by atoms with Gasteiger partial charge in [-0.15, -0.1) is 11.3 Å². The van der Waals surface area contributed by atoms with Gasteiger partial charge in [-0.25, -0.2) is 0 Å². The molecule has 0 amide bonds. The summed E-state index contributed by atoms with van der Waals surface area (Å²) in [4.78, 5) is 2.58. The Balaban J connectivity index is 0.980. The van der Waals surface area contributed by atoms with E-state index in [0.717, 1.165) is 17.1 Å². The largest absolute Gasteiger partial charge is 0.310 e. The Hall–Kier alpha value is -9.34. The number of rotatable bonds is 7. The Morgan fingerprint density at radius 3 is 1.30 bits per heavy atom. The van der Waals surface area contributed by atoms with Gasteiger partial charge < -0.3 is 4.90 Å². The minimum absolute atomic E-state index is 0.485. The second-order valence-corrected chi connectivity index (χ2v) is 21.7. The summed E-state index contributed by atoms with van der Waals surface area (Å²) in [5, 5.41) is 2.55. The molecule has 3 aliphatic carbocycles. The van der Waals surface area contributed by atoms with Crippen molar-refractivity contribution in [2.75, 3.05) is 4.90 Å². The number of thiophene rings is 1. The molecule has 0 fully saturated rings. The van der Waals surface area contributed by atoms with Crippen LogP contribution < -0.4 is 4.90 Å². The van der Waals surface area contributed by atoms with Crippen LogP contribution in [-0.4, -0.2) is 0 Å². The van der Waals surface area contributed by atoms with Crippen molar-refractivity contribution in [1.29, 1.82) is 0 Å². The molecule has 0 saturated heterocycles. The fourth-order valence-corrected chi connectivity index (χ4v) is 15.0. The van der Waals surface area contributed by atoms with Crippen molar-refractivity contribution in [2.24, 2.45) is 0 Å². The molecule has 0 saturated carbocycles. The first kappa shape index (κ1) is 43.1. The second kappa shape index (κ2) is 16.6. The van der Waals surface area contributed by atoms with E-state index in [4.69, 9.17) is 0 Å². The summed E-state index contributed by atoms with van der Waals surface area (Å²) in [6.07, 6.45) is 0. The first-order valence-electron chi connectivity index (χ1n) is 26.4. The van der Waals surface area contributed by atoms with E-state index in [0.29, 0.717) is 0 Å². The highest BCUT2D eigenvalue weighted by atomic mass is 32.1. The molecule has 12 aromatic carbocycles. The van der Waals surface area contributed by atoms with Crippen molar-refractivity contribution >= 4 is 48.6 Å². The average molecular weight is 982 g/mol. The molecule has 76 heavy (non-hydrogen) atoms. The molecule has 0 radical (unpaired) electrons. The molecule has 0 atom stereocenters. The predicted octanol–water partition coefficient (Wildman–Crippen LogP) is 19.6. The van der Waals surface area contributed by atoms with Crippen LogP contribution in [0.2, 0.25) is 0 Å². The maximum absolute atomic E-state index is 2.58. The van der Waals surface area contributed by atoms with Gasteiger partial charge in [-0.2, -0.15) is 0 Å². The summed E-state index contributed by atoms with van der Waals surface area (Å²) in [7, 11) is 0. The second-order valence-electron chi connectivity index (χ2n) is 20.6. The molecule has 1 spiro atoms. The van der Waals surface area contributed by atoms with Gasteiger partial charge in [0.1, 0.15) is 0 Å². The van der Waals surface area contributed by atoms with Crippen molar-refractivity contribution in [3.63, 3.8) is 0 Å². The van der Waals surface area contributed by atoms with E-state index in [2.05, 4.69) is 290 Å². The number of benzene rings is 12. The molecule has 0 N–H and O–H groups in total. The summed E-state index contributed by atoms with van der Waals surface area (Å²) < 4.78 is 2.58. The molecule has 0 bridgehead atoms. The average Bonchev–Trinajstić information content (AvgIpc) is 4.30. The summed E-state index contributed by atoms with van der Waals surface area (Å²) in [5.74, 6) is 0. The van der Waals surface area contributed by atoms with Crippen LogP contribution in [0.4, 0.5) is 17.1 Å². The van der Waals surface area contributed by atoms with Gasteiger partial charge in [-0.1, -0.05) is 243 Å². The summed E-state index contributed by atoms with van der Waals surface area (Å²) in [5.41, 5.74) is 25.1. The van der Waals surface area contributed by atoms with Crippen molar-refractivity contribution in [3.8, 4) is 55.6 Å². The molecule has 354 valence electrons. The van der Waals surface area contributed by atoms with Gasteiger partial charge in [0.2, 0.25) is 0 Å². The van der Waals surface area contributed by atoms with Crippen molar-refractivity contribution < 1.29 is 0 Å². The number of nitrogens with zero attached hydrogens (tertiary/aromatic N) is 1. The fourth-order valence-electron chi connectivity index (χ4n) is 13.9. The van der Waals surface area contributed by atoms with Crippen LogP contribution >= 0.6 is 11.3 Å². The third-order valence-electron chi connectivity index (χ3n) is 17.0. The quantitative estimate of drug-likeness (QED) is 0.154. The van der Waals surface area contributed by atoms with Crippen LogP contribution in [0.1, 0.15) is 44.5 Å². The van der Waals surface area contributed by atoms with Crippen LogP contribution in [0.15, 0.2) is 285 Å². The molecule has 2 heteroatoms. The minimum Gasteiger partial charge on any atom is -0.310 e. The van der Waals surface area contributed by atoms with Gasteiger partial charge in [0.05, 0.1) is 16.5 Å². The Labute approximate surface area is 446 Å². The monoisotopic (exact) mass is 981 g/mol. The topological polar surface area (TPSA) is 3.24 Å². The van der Waals surface area contributed by atoms with Crippen LogP contribution in [0.3, 0.4) is 0 Å². The van der Waals surface area contributed by atoms with Crippen LogP contribution in [0.25, 0.3) is 75.8 Å². The van der Waals surface area contributed by atoms with Gasteiger partial charge in [0.15, 0.2) is 0 Å². The zero-order chi connectivity index (χ0) is 50.0. The summed E-state index contributed by atoms with van der Waals surface area (Å²) in [6.45, 7) is 0. The van der Waals surface area contributed by atoms with E-state index < -0.39 is 10.8 Å². The Kier molecular flexibility index (Phi) is 9.40. The third-order valence-corrected chi connectivity index (χ3v) is 18.1. The van der Waals surface area contributed by atoms with Crippen molar-refractivity contribution in [3.05, 3.63) is 330 Å². The van der Waals surface area contributed by atoms with Gasteiger partial charge >= 0.3 is 0 Å². The molecule has 1 aromatic heterocycles. The molecule has 13 aromatic rings. The number of fused-ring (bicyclic) bond motifs is 16. The SMILES string of the molecule is c1ccc(-c2ccc(C3(c4ccc(-c5ccccc5)cc4)c4ccccc4-c4ccc(N(c5ccc6sc7ccccc7c6c5)c5cccc6c5-c5ccccc5C65c6ccccc6-c6ccccc65)cc43)cc2)cc1. The normalized spacial score (nSPS) is 13.7. The Morgan fingerprint density at radius 1 is 0.263 bits per heavy atom. The molecular weight excluding hydrogens is 935 g/mol. The molecular formula is C74H47NS. The summed E-state index contributed by atoms with van der Waals surface area (Å²) in [6, 6.07) is 107. The zero-order valence-corrected chi connectivity index (χ0v) is 42.3. The van der Waals surface area contributed by atoms with E-state index in [1.165, 1.54) is 120 Å².